The molecule has 0 unspecified atom stereocenters. The van der Waals surface area contributed by atoms with E-state index in [0.29, 0.717) is 36.0 Å². The molecule has 0 radical (unpaired) electrons. The van der Waals surface area contributed by atoms with Crippen molar-refractivity contribution in [2.24, 2.45) is 0 Å². The average Bonchev–Trinajstić information content (AvgIpc) is 3.05. The largest absolute Gasteiger partial charge is 0.491 e. The second-order valence-electron chi connectivity index (χ2n) is 5.12. The molecule has 0 aliphatic heterocycles. The average molecular weight is 328 g/mol. The van der Waals surface area contributed by atoms with E-state index in [-0.39, 0.29) is 5.82 Å². The summed E-state index contributed by atoms with van der Waals surface area (Å²) in [4.78, 5) is 0. The van der Waals surface area contributed by atoms with Gasteiger partial charge in [-0.25, -0.2) is 9.07 Å². The molecule has 0 saturated heterocycles. The zero-order valence-corrected chi connectivity index (χ0v) is 13.1. The van der Waals surface area contributed by atoms with E-state index >= 15 is 0 Å². The van der Waals surface area contributed by atoms with Gasteiger partial charge in [-0.15, -0.1) is 5.10 Å². The van der Waals surface area contributed by atoms with Crippen LogP contribution in [0, 0.1) is 5.82 Å². The zero-order chi connectivity index (χ0) is 16.9. The van der Waals surface area contributed by atoms with E-state index in [0.717, 1.165) is 5.56 Å². The molecule has 1 heterocycles. The van der Waals surface area contributed by atoms with E-state index in [1.807, 2.05) is 12.1 Å². The molecule has 24 heavy (non-hydrogen) atoms. The third-order valence-corrected chi connectivity index (χ3v) is 3.42. The maximum atomic E-state index is 13.3. The van der Waals surface area contributed by atoms with Crippen LogP contribution in [-0.2, 0) is 4.74 Å². The van der Waals surface area contributed by atoms with E-state index in [9.17, 15) is 4.39 Å². The van der Waals surface area contributed by atoms with Crippen LogP contribution in [0.5, 0.6) is 5.75 Å². The third-order valence-electron chi connectivity index (χ3n) is 3.42. The topological polar surface area (TPSA) is 75.2 Å². The second-order valence-corrected chi connectivity index (χ2v) is 5.12. The maximum absolute atomic E-state index is 13.3. The monoisotopic (exact) mass is 328 g/mol. The van der Waals surface area contributed by atoms with Crippen LogP contribution in [0.1, 0.15) is 0 Å². The number of aromatic nitrogens is 3. The number of nitrogen functional groups attached to an aromatic ring is 1. The van der Waals surface area contributed by atoms with Crippen molar-refractivity contribution < 1.29 is 13.9 Å². The lowest BCUT2D eigenvalue weighted by atomic mass is 10.1. The molecule has 2 aromatic carbocycles. The number of halogens is 1. The van der Waals surface area contributed by atoms with Crippen molar-refractivity contribution >= 4 is 5.69 Å². The van der Waals surface area contributed by atoms with Gasteiger partial charge in [0, 0.05) is 24.4 Å². The van der Waals surface area contributed by atoms with Crippen molar-refractivity contribution in [2.45, 2.75) is 0 Å². The summed E-state index contributed by atoms with van der Waals surface area (Å²) in [6, 6.07) is 11.5. The smallest absolute Gasteiger partial charge is 0.125 e. The van der Waals surface area contributed by atoms with Crippen molar-refractivity contribution in [2.75, 3.05) is 26.1 Å². The minimum absolute atomic E-state index is 0.332. The number of rotatable bonds is 6. The first-order valence-electron chi connectivity index (χ1n) is 7.37. The summed E-state index contributed by atoms with van der Waals surface area (Å²) in [5.74, 6) is 0.326. The predicted molar refractivity (Wildman–Crippen MR) is 88.5 cm³/mol. The van der Waals surface area contributed by atoms with Crippen LogP contribution in [0.15, 0.2) is 48.7 Å². The summed E-state index contributed by atoms with van der Waals surface area (Å²) in [6.07, 6.45) is 1.70. The number of nitrogens with two attached hydrogens (primary N) is 1. The Kier molecular flexibility index (Phi) is 4.72. The summed E-state index contributed by atoms with van der Waals surface area (Å²) >= 11 is 0. The molecule has 0 atom stereocenters. The van der Waals surface area contributed by atoms with Crippen LogP contribution in [-0.4, -0.2) is 35.3 Å². The van der Waals surface area contributed by atoms with Crippen molar-refractivity contribution in [3.63, 3.8) is 0 Å². The molecule has 124 valence electrons. The molecule has 2 N–H and O–H groups in total. The van der Waals surface area contributed by atoms with Gasteiger partial charge in [0.2, 0.25) is 0 Å². The maximum Gasteiger partial charge on any atom is 0.125 e. The Morgan fingerprint density at radius 3 is 2.79 bits per heavy atom. The summed E-state index contributed by atoms with van der Waals surface area (Å²) < 4.78 is 25.3. The van der Waals surface area contributed by atoms with Crippen molar-refractivity contribution in [1.29, 1.82) is 0 Å². The summed E-state index contributed by atoms with van der Waals surface area (Å²) in [5, 5.41) is 8.13. The fraction of sp³-hybridized carbons (Fsp3) is 0.176. The predicted octanol–water partition coefficient (Wildman–Crippen LogP) is 2.68. The highest BCUT2D eigenvalue weighted by atomic mass is 19.1. The SMILES string of the molecule is COCCOc1ccc(-c2cn(-c3cccc(F)c3)nn2)c(N)c1. The highest BCUT2D eigenvalue weighted by Crippen LogP contribution is 2.28. The van der Waals surface area contributed by atoms with Crippen molar-refractivity contribution in [1.82, 2.24) is 15.0 Å². The van der Waals surface area contributed by atoms with Crippen LogP contribution in [0.2, 0.25) is 0 Å². The molecule has 3 aromatic rings. The number of benzene rings is 2. The highest BCUT2D eigenvalue weighted by molar-refractivity contribution is 5.74. The Bertz CT molecular complexity index is 835. The van der Waals surface area contributed by atoms with Crippen LogP contribution in [0.3, 0.4) is 0 Å². The van der Waals surface area contributed by atoms with Crippen LogP contribution in [0.25, 0.3) is 16.9 Å². The molecule has 0 saturated carbocycles. The molecule has 0 spiro atoms. The van der Waals surface area contributed by atoms with Gasteiger partial charge in [0.1, 0.15) is 23.9 Å². The first-order chi connectivity index (χ1) is 11.7. The van der Waals surface area contributed by atoms with Gasteiger partial charge in [-0.05, 0) is 30.3 Å². The summed E-state index contributed by atoms with van der Waals surface area (Å²) in [7, 11) is 1.61. The van der Waals surface area contributed by atoms with Crippen molar-refractivity contribution in [3.05, 3.63) is 54.5 Å². The number of hydrogen-bond donors (Lipinski definition) is 1. The van der Waals surface area contributed by atoms with Gasteiger partial charge >= 0.3 is 0 Å². The minimum Gasteiger partial charge on any atom is -0.491 e. The minimum atomic E-state index is -0.332. The first-order valence-corrected chi connectivity index (χ1v) is 7.37. The number of anilines is 1. The third kappa shape index (κ3) is 3.52. The Balaban J connectivity index is 1.82. The fourth-order valence-electron chi connectivity index (χ4n) is 2.24. The molecule has 0 aliphatic rings. The Labute approximate surface area is 138 Å². The van der Waals surface area contributed by atoms with Gasteiger partial charge in [0.05, 0.1) is 18.5 Å². The van der Waals surface area contributed by atoms with Crippen molar-refractivity contribution in [3.8, 4) is 22.7 Å². The molecule has 0 aliphatic carbocycles. The molecule has 1 aromatic heterocycles. The standard InChI is InChI=1S/C17H17FN4O2/c1-23-7-8-24-14-5-6-15(16(19)10-14)17-11-22(21-20-17)13-4-2-3-12(18)9-13/h2-6,9-11H,7-8,19H2,1H3. The number of hydrogen-bond acceptors (Lipinski definition) is 5. The zero-order valence-electron chi connectivity index (χ0n) is 13.1. The Hall–Kier alpha value is -2.93. The van der Waals surface area contributed by atoms with E-state index in [1.54, 1.807) is 31.5 Å². The molecule has 0 fully saturated rings. The van der Waals surface area contributed by atoms with Gasteiger partial charge in [-0.2, -0.15) is 0 Å². The molecular formula is C17H17FN4O2. The second kappa shape index (κ2) is 7.10. The van der Waals surface area contributed by atoms with Gasteiger partial charge in [0.25, 0.3) is 0 Å². The lowest BCUT2D eigenvalue weighted by Crippen LogP contribution is -2.04. The quantitative estimate of drug-likeness (QED) is 0.556. The summed E-state index contributed by atoms with van der Waals surface area (Å²) in [6.45, 7) is 0.953. The van der Waals surface area contributed by atoms with Crippen LogP contribution >= 0.6 is 0 Å². The lowest BCUT2D eigenvalue weighted by Gasteiger charge is -2.08. The molecule has 0 amide bonds. The molecule has 3 rings (SSSR count). The van der Waals surface area contributed by atoms with Crippen LogP contribution in [0.4, 0.5) is 10.1 Å². The molecular weight excluding hydrogens is 311 g/mol. The number of nitrogens with zero attached hydrogens (tertiary/aromatic N) is 3. The van der Waals surface area contributed by atoms with Gasteiger partial charge in [-0.3, -0.25) is 0 Å². The van der Waals surface area contributed by atoms with E-state index in [1.165, 1.54) is 16.8 Å². The molecule has 0 bridgehead atoms. The van der Waals surface area contributed by atoms with Crippen LogP contribution < -0.4 is 10.5 Å². The fourth-order valence-corrected chi connectivity index (χ4v) is 2.24. The van der Waals surface area contributed by atoms with Gasteiger partial charge in [-0.1, -0.05) is 11.3 Å². The summed E-state index contributed by atoms with van der Waals surface area (Å²) in [5.41, 5.74) is 8.53. The first kappa shape index (κ1) is 15.9. The number of methoxy groups -OCH3 is 1. The van der Waals surface area contributed by atoms with E-state index in [2.05, 4.69) is 10.3 Å². The van der Waals surface area contributed by atoms with Gasteiger partial charge < -0.3 is 15.2 Å². The van der Waals surface area contributed by atoms with E-state index in [4.69, 9.17) is 15.2 Å². The molecule has 6 nitrogen and oxygen atoms in total. The van der Waals surface area contributed by atoms with E-state index < -0.39 is 0 Å². The Morgan fingerprint density at radius 1 is 1.17 bits per heavy atom. The normalized spacial score (nSPS) is 10.8. The highest BCUT2D eigenvalue weighted by Gasteiger charge is 2.10. The lowest BCUT2D eigenvalue weighted by molar-refractivity contribution is 0.146. The Morgan fingerprint density at radius 2 is 2.04 bits per heavy atom. The number of ether oxygens (including phenoxy) is 2. The molecule has 7 heteroatoms. The van der Waals surface area contributed by atoms with Gasteiger partial charge in [0.15, 0.2) is 0 Å².